The molecule has 3 fully saturated rings. The smallest absolute Gasteiger partial charge is 0.307 e. The Morgan fingerprint density at radius 2 is 1.79 bits per heavy atom. The number of ether oxygens (including phenoxy) is 3. The molecule has 5 atom stereocenters. The van der Waals surface area contributed by atoms with Crippen molar-refractivity contribution >= 4 is 83.0 Å². The van der Waals surface area contributed by atoms with Gasteiger partial charge in [-0.1, -0.05) is 26.8 Å². The standard InChI is InChI=1S/C44H54BrN5O11S2/c1-11-22-19-44(22,39(54)49-63(56,57)24-12-13-24)48-37(52)28-16-23(20-50(28)38(53)25(41(2,3)4)17-32(51)61-42(5,6)7)59-31-18-26(27-21-62-40(47-27)43(8,9)55)46-35-33-29(60-36(31)35)14-15-30(58-10)34(33)45/h11,14-15,18,21-25,28,55H,1,12-13,16-17,19-20H2,2-10H3,(H,48,52)(H,49,54)/t22-,23-,25-,28+,44-/m1/s1. The first-order chi connectivity index (χ1) is 29.3. The maximum atomic E-state index is 14.9. The van der Waals surface area contributed by atoms with E-state index in [1.54, 1.807) is 58.2 Å². The van der Waals surface area contributed by atoms with Crippen molar-refractivity contribution in [2.45, 2.75) is 122 Å². The first-order valence-corrected chi connectivity index (χ1v) is 24.0. The van der Waals surface area contributed by atoms with Crippen molar-refractivity contribution < 1.29 is 51.3 Å². The summed E-state index contributed by atoms with van der Waals surface area (Å²) in [5, 5.41) is 15.7. The number of rotatable bonds is 14. The summed E-state index contributed by atoms with van der Waals surface area (Å²) >= 11 is 4.91. The number of halogens is 1. The quantitative estimate of drug-likeness (QED) is 0.0908. The molecule has 0 unspecified atom stereocenters. The van der Waals surface area contributed by atoms with Crippen molar-refractivity contribution in [3.63, 3.8) is 0 Å². The van der Waals surface area contributed by atoms with Crippen LogP contribution in [0.2, 0.25) is 0 Å². The van der Waals surface area contributed by atoms with Gasteiger partial charge in [-0.2, -0.15) is 0 Å². The number of likely N-dealkylation sites (tertiary alicyclic amines) is 1. The Morgan fingerprint density at radius 3 is 2.37 bits per heavy atom. The molecule has 2 saturated carbocycles. The number of furan rings is 1. The average molecular weight is 973 g/mol. The van der Waals surface area contributed by atoms with Gasteiger partial charge in [0.25, 0.3) is 5.91 Å². The lowest BCUT2D eigenvalue weighted by Gasteiger charge is -2.35. The van der Waals surface area contributed by atoms with E-state index in [1.165, 1.54) is 29.4 Å². The number of carbonyl (C=O) groups is 4. The Hall–Kier alpha value is -4.59. The molecule has 4 aromatic rings. The number of esters is 1. The van der Waals surface area contributed by atoms with Crippen molar-refractivity contribution in [1.82, 2.24) is 24.9 Å². The van der Waals surface area contributed by atoms with E-state index in [-0.39, 0.29) is 37.1 Å². The Bertz CT molecular complexity index is 2620. The average Bonchev–Trinajstić information content (AvgIpc) is 3.99. The molecule has 0 spiro atoms. The van der Waals surface area contributed by atoms with E-state index in [0.717, 1.165) is 0 Å². The van der Waals surface area contributed by atoms with Crippen molar-refractivity contribution in [2.24, 2.45) is 17.3 Å². The van der Waals surface area contributed by atoms with Gasteiger partial charge in [0.15, 0.2) is 11.3 Å². The maximum absolute atomic E-state index is 14.9. The Balaban J connectivity index is 1.28. The molecule has 2 aliphatic carbocycles. The number of carbonyl (C=O) groups excluding carboxylic acids is 4. The van der Waals surface area contributed by atoms with Crippen LogP contribution >= 0.6 is 27.3 Å². The van der Waals surface area contributed by atoms with E-state index in [9.17, 15) is 32.7 Å². The predicted octanol–water partition coefficient (Wildman–Crippen LogP) is 6.51. The van der Waals surface area contributed by atoms with Crippen LogP contribution in [-0.4, -0.2) is 94.3 Å². The fraction of sp³-hybridized carbons (Fsp3) is 0.545. The zero-order chi connectivity index (χ0) is 46.2. The van der Waals surface area contributed by atoms with Crippen molar-refractivity contribution in [3.05, 3.63) is 45.7 Å². The number of amides is 3. The summed E-state index contributed by atoms with van der Waals surface area (Å²) in [6.07, 6.45) is 1.27. The fourth-order valence-corrected chi connectivity index (χ4v) is 10.7. The van der Waals surface area contributed by atoms with Crippen LogP contribution in [-0.2, 0) is 39.5 Å². The number of benzene rings is 1. The zero-order valence-corrected chi connectivity index (χ0v) is 40.0. The lowest BCUT2D eigenvalue weighted by atomic mass is 9.77. The van der Waals surface area contributed by atoms with Crippen LogP contribution in [0.3, 0.4) is 0 Å². The summed E-state index contributed by atoms with van der Waals surface area (Å²) in [6.45, 7) is 17.6. The summed E-state index contributed by atoms with van der Waals surface area (Å²) in [5.41, 5.74) is -2.43. The molecule has 16 nitrogen and oxygen atoms in total. The first-order valence-electron chi connectivity index (χ1n) is 20.7. The molecule has 19 heteroatoms. The normalized spacial score (nSPS) is 22.1. The van der Waals surface area contributed by atoms with Crippen LogP contribution in [0.5, 0.6) is 11.5 Å². The molecule has 3 amide bonds. The van der Waals surface area contributed by atoms with E-state index in [0.29, 0.717) is 55.9 Å². The number of aromatic nitrogens is 2. The van der Waals surface area contributed by atoms with Gasteiger partial charge in [-0.15, -0.1) is 17.9 Å². The first kappa shape index (κ1) is 46.4. The number of nitrogens with one attached hydrogen (secondary N) is 2. The van der Waals surface area contributed by atoms with Crippen LogP contribution < -0.4 is 19.5 Å². The molecule has 3 N–H and O–H groups in total. The minimum Gasteiger partial charge on any atom is -0.496 e. The topological polar surface area (TPSA) is 217 Å². The van der Waals surface area contributed by atoms with Gasteiger partial charge in [0.05, 0.1) is 46.8 Å². The van der Waals surface area contributed by atoms with Crippen LogP contribution in [0.4, 0.5) is 0 Å². The van der Waals surface area contributed by atoms with E-state index in [2.05, 4.69) is 37.5 Å². The van der Waals surface area contributed by atoms with Crippen LogP contribution in [0.15, 0.2) is 45.1 Å². The molecule has 0 radical (unpaired) electrons. The molecular weight excluding hydrogens is 919 g/mol. The molecule has 0 bridgehead atoms. The number of hydrogen-bond acceptors (Lipinski definition) is 14. The lowest BCUT2D eigenvalue weighted by Crippen LogP contribution is -2.57. The van der Waals surface area contributed by atoms with Crippen LogP contribution in [0, 0.1) is 17.3 Å². The van der Waals surface area contributed by atoms with Gasteiger partial charge < -0.3 is 34.0 Å². The summed E-state index contributed by atoms with van der Waals surface area (Å²) < 4.78 is 52.8. The molecule has 7 rings (SSSR count). The van der Waals surface area contributed by atoms with Gasteiger partial charge in [-0.25, -0.2) is 18.4 Å². The van der Waals surface area contributed by atoms with Crippen molar-refractivity contribution in [1.29, 1.82) is 0 Å². The zero-order valence-electron chi connectivity index (χ0n) is 36.8. The fourth-order valence-electron chi connectivity index (χ4n) is 7.87. The number of methoxy groups -OCH3 is 1. The number of thiazole rings is 1. The Morgan fingerprint density at radius 1 is 1.10 bits per heavy atom. The molecule has 63 heavy (non-hydrogen) atoms. The van der Waals surface area contributed by atoms with Gasteiger partial charge in [0.1, 0.15) is 56.4 Å². The lowest BCUT2D eigenvalue weighted by molar-refractivity contribution is -0.161. The summed E-state index contributed by atoms with van der Waals surface area (Å²) in [5.74, 6) is -3.43. The summed E-state index contributed by atoms with van der Waals surface area (Å²) in [4.78, 5) is 67.5. The van der Waals surface area contributed by atoms with Gasteiger partial charge in [-0.05, 0) is 87.4 Å². The molecule has 1 aromatic carbocycles. The molecule has 4 heterocycles. The third-order valence-electron chi connectivity index (χ3n) is 11.5. The van der Waals surface area contributed by atoms with Crippen molar-refractivity contribution in [2.75, 3.05) is 13.7 Å². The summed E-state index contributed by atoms with van der Waals surface area (Å²) in [7, 11) is -2.41. The molecule has 3 aliphatic rings. The Kier molecular flexibility index (Phi) is 12.1. The van der Waals surface area contributed by atoms with Gasteiger partial charge in [0.2, 0.25) is 21.8 Å². The second-order valence-corrected chi connectivity index (χ2v) is 22.8. The number of sulfonamides is 1. The largest absolute Gasteiger partial charge is 0.496 e. The third-order valence-corrected chi connectivity index (χ3v) is 15.3. The molecular formula is C44H54BrN5O11S2. The van der Waals surface area contributed by atoms with E-state index in [4.69, 9.17) is 23.6 Å². The number of fused-ring (bicyclic) bond motifs is 3. The SMILES string of the molecule is C=C[C@@H]1C[C@]1(NC(=O)[C@@H]1C[C@@H](Oc2cc(-c3csc(C(C)(C)O)n3)nc3c2oc2ccc(OC)c(Br)c23)CN1C(=O)[C@@H](CC(=O)OC(C)(C)C)C(C)(C)C)C(=O)NS(=O)(=O)C1CC1. The monoisotopic (exact) mass is 971 g/mol. The molecule has 1 saturated heterocycles. The molecule has 3 aromatic heterocycles. The second-order valence-electron chi connectivity index (χ2n) is 19.2. The molecule has 340 valence electrons. The predicted molar refractivity (Wildman–Crippen MR) is 239 cm³/mol. The van der Waals surface area contributed by atoms with Gasteiger partial charge in [-0.3, -0.25) is 23.9 Å². The minimum atomic E-state index is -3.95. The minimum absolute atomic E-state index is 0.0614. The highest BCUT2D eigenvalue weighted by Crippen LogP contribution is 2.47. The number of aliphatic hydroxyl groups is 1. The number of hydrogen-bond donors (Lipinski definition) is 3. The number of pyridine rings is 1. The van der Waals surface area contributed by atoms with Crippen LogP contribution in [0.25, 0.3) is 33.5 Å². The van der Waals surface area contributed by atoms with Crippen LogP contribution in [0.1, 0.15) is 92.5 Å². The Labute approximate surface area is 378 Å². The highest BCUT2D eigenvalue weighted by molar-refractivity contribution is 9.10. The maximum Gasteiger partial charge on any atom is 0.307 e. The van der Waals surface area contributed by atoms with Gasteiger partial charge in [0, 0.05) is 23.8 Å². The van der Waals surface area contributed by atoms with Crippen molar-refractivity contribution in [3.8, 4) is 22.9 Å². The highest BCUT2D eigenvalue weighted by Gasteiger charge is 2.62. The molecule has 1 aliphatic heterocycles. The number of nitrogens with zero attached hydrogens (tertiary/aromatic N) is 3. The van der Waals surface area contributed by atoms with E-state index in [1.807, 2.05) is 20.8 Å². The summed E-state index contributed by atoms with van der Waals surface area (Å²) in [6, 6.07) is 3.91. The van der Waals surface area contributed by atoms with E-state index >= 15 is 0 Å². The van der Waals surface area contributed by atoms with Gasteiger partial charge >= 0.3 is 5.97 Å². The highest BCUT2D eigenvalue weighted by atomic mass is 79.9. The third kappa shape index (κ3) is 9.47. The van der Waals surface area contributed by atoms with E-state index < -0.39 is 85.1 Å². The second kappa shape index (κ2) is 16.4.